The number of aryl methyl sites for hydroxylation is 3. The lowest BCUT2D eigenvalue weighted by atomic mass is 10.0. The van der Waals surface area contributed by atoms with Gasteiger partial charge in [0.15, 0.2) is 24.0 Å². The number of fused-ring (bicyclic) bond motifs is 1. The molecule has 0 bridgehead atoms. The van der Waals surface area contributed by atoms with Crippen LogP contribution in [0.2, 0.25) is 0 Å². The van der Waals surface area contributed by atoms with Gasteiger partial charge in [-0.2, -0.15) is 15.0 Å². The van der Waals surface area contributed by atoms with E-state index >= 15 is 0 Å². The number of benzene rings is 2. The third kappa shape index (κ3) is 4.27. The van der Waals surface area contributed by atoms with Crippen molar-refractivity contribution in [2.75, 3.05) is 11.9 Å². The predicted molar refractivity (Wildman–Crippen MR) is 125 cm³/mol. The van der Waals surface area contributed by atoms with Crippen molar-refractivity contribution in [3.05, 3.63) is 81.0 Å². The number of hydrogen-bond acceptors (Lipinski definition) is 7. The zero-order chi connectivity index (χ0) is 24.4. The van der Waals surface area contributed by atoms with E-state index in [1.165, 1.54) is 29.1 Å². The summed E-state index contributed by atoms with van der Waals surface area (Å²) in [5, 5.41) is 28.5. The highest BCUT2D eigenvalue weighted by atomic mass is 16.6. The van der Waals surface area contributed by atoms with Gasteiger partial charge in [0.05, 0.1) is 16.6 Å². The van der Waals surface area contributed by atoms with Crippen molar-refractivity contribution in [2.24, 2.45) is 0 Å². The molecular weight excluding hydrogens is 436 g/mol. The summed E-state index contributed by atoms with van der Waals surface area (Å²) in [6.45, 7) is 5.45. The first-order chi connectivity index (χ1) is 16.3. The van der Waals surface area contributed by atoms with Crippen LogP contribution in [0.25, 0.3) is 16.7 Å². The Labute approximate surface area is 194 Å². The third-order valence-electron chi connectivity index (χ3n) is 5.23. The number of carbonyl (C=O) groups is 1. The number of nitriles is 1. The summed E-state index contributed by atoms with van der Waals surface area (Å²) in [4.78, 5) is 27.9. The molecule has 0 aliphatic rings. The largest absolute Gasteiger partial charge is 0.477 e. The molecule has 0 atom stereocenters. The zero-order valence-electron chi connectivity index (χ0n) is 18.7. The molecule has 0 saturated heterocycles. The van der Waals surface area contributed by atoms with Crippen LogP contribution in [0, 0.1) is 42.2 Å². The van der Waals surface area contributed by atoms with Crippen LogP contribution in [0.4, 0.5) is 11.5 Å². The lowest BCUT2D eigenvalue weighted by Crippen LogP contribution is -2.23. The fourth-order valence-corrected chi connectivity index (χ4v) is 3.70. The van der Waals surface area contributed by atoms with Crippen LogP contribution in [0.5, 0.6) is 5.75 Å². The number of nitrogens with zero attached hydrogens (tertiary/aromatic N) is 5. The fraction of sp³-hybridized carbons (Fsp3) is 0.167. The highest BCUT2D eigenvalue weighted by molar-refractivity contribution is 5.93. The monoisotopic (exact) mass is 456 g/mol. The Morgan fingerprint density at radius 3 is 2.71 bits per heavy atom. The van der Waals surface area contributed by atoms with Crippen molar-refractivity contribution in [3.8, 4) is 17.6 Å². The smallest absolute Gasteiger partial charge is 0.310 e. The van der Waals surface area contributed by atoms with Gasteiger partial charge in [0.25, 0.3) is 5.91 Å². The minimum Gasteiger partial charge on any atom is -0.477 e. The molecular formula is C24H20N6O4. The van der Waals surface area contributed by atoms with Gasteiger partial charge in [-0.25, -0.2) is 4.98 Å². The van der Waals surface area contributed by atoms with Crippen LogP contribution in [0.15, 0.2) is 48.7 Å². The molecule has 10 nitrogen and oxygen atoms in total. The maximum atomic E-state index is 12.6. The molecule has 0 spiro atoms. The minimum atomic E-state index is -0.610. The van der Waals surface area contributed by atoms with E-state index in [0.29, 0.717) is 5.82 Å². The van der Waals surface area contributed by atoms with E-state index in [4.69, 9.17) is 9.72 Å². The maximum Gasteiger partial charge on any atom is 0.310 e. The molecule has 0 unspecified atom stereocenters. The maximum absolute atomic E-state index is 12.6. The SMILES string of the molecule is Cc1cc(C)c2nc(-n3ncc(C#N)c3NC(=O)COc3ccccc3[N+](=O)[O-])cc(C)c2c1. The summed E-state index contributed by atoms with van der Waals surface area (Å²) in [5.74, 6) is -0.0713. The summed E-state index contributed by atoms with van der Waals surface area (Å²) in [7, 11) is 0. The number of pyridine rings is 1. The van der Waals surface area contributed by atoms with Gasteiger partial charge in [-0.1, -0.05) is 23.8 Å². The second-order valence-electron chi connectivity index (χ2n) is 7.77. The van der Waals surface area contributed by atoms with E-state index in [-0.39, 0.29) is 22.8 Å². The molecule has 0 fully saturated rings. The van der Waals surface area contributed by atoms with Crippen LogP contribution in [0.3, 0.4) is 0 Å². The van der Waals surface area contributed by atoms with Gasteiger partial charge < -0.3 is 10.1 Å². The number of nitrogens with one attached hydrogen (secondary N) is 1. The number of rotatable bonds is 6. The number of carbonyl (C=O) groups excluding carboxylic acids is 1. The Morgan fingerprint density at radius 2 is 1.97 bits per heavy atom. The first-order valence-electron chi connectivity index (χ1n) is 10.3. The standard InChI is InChI=1S/C24H20N6O4/c1-14-8-16(3)23-18(9-14)15(2)10-21(27-23)29-24(17(11-25)12-26-29)28-22(31)13-34-20-7-5-4-6-19(20)30(32)33/h4-10,12H,13H2,1-3H3,(H,28,31). The minimum absolute atomic E-state index is 0.0331. The molecule has 2 heterocycles. The topological polar surface area (TPSA) is 136 Å². The van der Waals surface area contributed by atoms with E-state index in [9.17, 15) is 20.2 Å². The molecule has 0 aliphatic heterocycles. The summed E-state index contributed by atoms with van der Waals surface area (Å²) < 4.78 is 6.73. The van der Waals surface area contributed by atoms with Crippen molar-refractivity contribution < 1.29 is 14.5 Å². The van der Waals surface area contributed by atoms with Crippen molar-refractivity contribution >= 4 is 28.3 Å². The third-order valence-corrected chi connectivity index (χ3v) is 5.23. The van der Waals surface area contributed by atoms with Crippen molar-refractivity contribution in [1.82, 2.24) is 14.8 Å². The van der Waals surface area contributed by atoms with E-state index < -0.39 is 17.4 Å². The van der Waals surface area contributed by atoms with Gasteiger partial charge in [0, 0.05) is 11.5 Å². The Balaban J connectivity index is 1.64. The second kappa shape index (κ2) is 8.99. The molecule has 4 rings (SSSR count). The van der Waals surface area contributed by atoms with Crippen molar-refractivity contribution in [1.29, 1.82) is 5.26 Å². The van der Waals surface area contributed by atoms with Gasteiger partial charge in [-0.15, -0.1) is 0 Å². The predicted octanol–water partition coefficient (Wildman–Crippen LogP) is 4.14. The number of nitro benzene ring substituents is 1. The van der Waals surface area contributed by atoms with Crippen molar-refractivity contribution in [2.45, 2.75) is 20.8 Å². The zero-order valence-corrected chi connectivity index (χ0v) is 18.7. The van der Waals surface area contributed by atoms with Crippen LogP contribution in [-0.2, 0) is 4.79 Å². The number of anilines is 1. The van der Waals surface area contributed by atoms with Gasteiger partial charge in [-0.05, 0) is 50.1 Å². The summed E-state index contributed by atoms with van der Waals surface area (Å²) in [6.07, 6.45) is 1.34. The van der Waals surface area contributed by atoms with Gasteiger partial charge in [0.2, 0.25) is 0 Å². The van der Waals surface area contributed by atoms with Gasteiger partial charge >= 0.3 is 5.69 Å². The average molecular weight is 456 g/mol. The number of para-hydroxylation sites is 2. The summed E-state index contributed by atoms with van der Waals surface area (Å²) in [5.41, 5.74) is 3.78. The molecule has 170 valence electrons. The van der Waals surface area contributed by atoms with Gasteiger partial charge in [-0.3, -0.25) is 14.9 Å². The van der Waals surface area contributed by atoms with Crippen LogP contribution in [-0.4, -0.2) is 32.2 Å². The Hall–Kier alpha value is -4.78. The first kappa shape index (κ1) is 22.4. The van der Waals surface area contributed by atoms with Gasteiger partial charge in [0.1, 0.15) is 11.6 Å². The average Bonchev–Trinajstić information content (AvgIpc) is 3.20. The molecule has 0 saturated carbocycles. The summed E-state index contributed by atoms with van der Waals surface area (Å²) >= 11 is 0. The molecule has 0 radical (unpaired) electrons. The fourth-order valence-electron chi connectivity index (χ4n) is 3.70. The lowest BCUT2D eigenvalue weighted by Gasteiger charge is -2.13. The highest BCUT2D eigenvalue weighted by Crippen LogP contribution is 2.27. The lowest BCUT2D eigenvalue weighted by molar-refractivity contribution is -0.385. The molecule has 2 aromatic carbocycles. The Bertz CT molecular complexity index is 1490. The molecule has 1 N–H and O–H groups in total. The normalized spacial score (nSPS) is 10.6. The van der Waals surface area contributed by atoms with E-state index in [1.807, 2.05) is 39.0 Å². The van der Waals surface area contributed by atoms with Crippen LogP contribution < -0.4 is 10.1 Å². The number of aromatic nitrogens is 3. The molecule has 10 heteroatoms. The molecule has 0 aliphatic carbocycles. The Kier molecular flexibility index (Phi) is 5.93. The summed E-state index contributed by atoms with van der Waals surface area (Å²) in [6, 6.07) is 13.7. The molecule has 34 heavy (non-hydrogen) atoms. The molecule has 1 amide bonds. The van der Waals surface area contributed by atoms with E-state index in [0.717, 1.165) is 27.6 Å². The number of ether oxygens (including phenoxy) is 1. The number of hydrogen-bond donors (Lipinski definition) is 1. The van der Waals surface area contributed by atoms with E-state index in [1.54, 1.807) is 6.07 Å². The first-order valence-corrected chi connectivity index (χ1v) is 10.3. The number of nitro groups is 1. The van der Waals surface area contributed by atoms with Crippen molar-refractivity contribution in [3.63, 3.8) is 0 Å². The highest BCUT2D eigenvalue weighted by Gasteiger charge is 2.19. The quantitative estimate of drug-likeness (QED) is 0.340. The molecule has 4 aromatic rings. The van der Waals surface area contributed by atoms with Crippen LogP contribution >= 0.6 is 0 Å². The Morgan fingerprint density at radius 1 is 1.21 bits per heavy atom. The second-order valence-corrected chi connectivity index (χ2v) is 7.77. The van der Waals surface area contributed by atoms with E-state index in [2.05, 4.69) is 16.5 Å². The van der Waals surface area contributed by atoms with Crippen LogP contribution in [0.1, 0.15) is 22.3 Å². The number of amides is 1. The molecule has 2 aromatic heterocycles.